The van der Waals surface area contributed by atoms with Crippen molar-refractivity contribution in [3.05, 3.63) is 47.3 Å². The fourth-order valence-electron chi connectivity index (χ4n) is 2.40. The van der Waals surface area contributed by atoms with Crippen molar-refractivity contribution in [1.82, 2.24) is 4.90 Å². The fourth-order valence-corrected chi connectivity index (χ4v) is 2.40. The molecule has 0 aromatic heterocycles. The lowest BCUT2D eigenvalue weighted by Gasteiger charge is -2.31. The summed E-state index contributed by atoms with van der Waals surface area (Å²) in [6.45, 7) is 12.5. The quantitative estimate of drug-likeness (QED) is 0.687. The lowest BCUT2D eigenvalue weighted by Crippen LogP contribution is -2.40. The molecule has 16 heavy (non-hydrogen) atoms. The molecule has 0 radical (unpaired) electrons. The van der Waals surface area contributed by atoms with E-state index in [1.807, 2.05) is 0 Å². The molecule has 1 aromatic rings. The topological polar surface area (TPSA) is 7.60 Å². The van der Waals surface area contributed by atoms with E-state index in [-0.39, 0.29) is 6.04 Å². The molecule has 1 heterocycles. The zero-order chi connectivity index (χ0) is 11.4. The molecule has 1 aliphatic rings. The molecule has 1 fully saturated rings. The predicted octanol–water partition coefficient (Wildman–Crippen LogP) is 2.82. The second kappa shape index (κ2) is 5.14. The van der Waals surface area contributed by atoms with Crippen LogP contribution in [0.3, 0.4) is 0 Å². The van der Waals surface area contributed by atoms with E-state index < -0.39 is 0 Å². The first kappa shape index (κ1) is 11.2. The van der Waals surface area contributed by atoms with Gasteiger partial charge in [0, 0.05) is 32.0 Å². The summed E-state index contributed by atoms with van der Waals surface area (Å²) in [5.74, 6) is 0.509. The summed E-state index contributed by atoms with van der Waals surface area (Å²) in [7, 11) is 0. The second-order valence-electron chi connectivity index (χ2n) is 4.68. The van der Waals surface area contributed by atoms with E-state index in [2.05, 4.69) is 47.0 Å². The molecular formula is C14H18N2. The van der Waals surface area contributed by atoms with Crippen LogP contribution in [-0.2, 0) is 6.54 Å². The van der Waals surface area contributed by atoms with Crippen LogP contribution in [-0.4, -0.2) is 24.0 Å². The van der Waals surface area contributed by atoms with Gasteiger partial charge in [-0.2, -0.15) is 0 Å². The Kier molecular flexibility index (Phi) is 3.58. The van der Waals surface area contributed by atoms with Crippen molar-refractivity contribution in [2.45, 2.75) is 25.9 Å². The van der Waals surface area contributed by atoms with Crippen molar-refractivity contribution in [1.29, 1.82) is 0 Å². The second-order valence-corrected chi connectivity index (χ2v) is 4.68. The maximum absolute atomic E-state index is 7.12. The molecule has 0 amide bonds. The Bertz CT molecular complexity index is 366. The minimum absolute atomic E-state index is 0.243. The largest absolute Gasteiger partial charge is 0.313 e. The van der Waals surface area contributed by atoms with Crippen LogP contribution in [0.15, 0.2) is 30.3 Å². The fraction of sp³-hybridized carbons (Fsp3) is 0.500. The lowest BCUT2D eigenvalue weighted by atomic mass is 9.94. The summed E-state index contributed by atoms with van der Waals surface area (Å²) in [6, 6.07) is 10.8. The molecule has 1 aromatic carbocycles. The Morgan fingerprint density at radius 3 is 2.75 bits per heavy atom. The molecular weight excluding hydrogens is 196 g/mol. The summed E-state index contributed by atoms with van der Waals surface area (Å²) in [5.41, 5.74) is 1.37. The minimum atomic E-state index is 0.243. The SMILES string of the molecule is [C-]#[N+][C@H]1CCN(Cc2ccccc2)C[C@@H]1C. The van der Waals surface area contributed by atoms with E-state index in [9.17, 15) is 0 Å². The molecule has 2 heteroatoms. The first-order valence-electron chi connectivity index (χ1n) is 5.92. The number of hydrogen-bond donors (Lipinski definition) is 0. The average molecular weight is 214 g/mol. The van der Waals surface area contributed by atoms with Gasteiger partial charge in [-0.05, 0) is 5.56 Å². The van der Waals surface area contributed by atoms with Crippen LogP contribution in [0.2, 0.25) is 0 Å². The average Bonchev–Trinajstić information content (AvgIpc) is 2.31. The standard InChI is InChI=1S/C14H18N2/c1-12-10-16(9-8-14(12)15-2)11-13-6-4-3-5-7-13/h3-7,12,14H,8-11H2,1H3/t12-,14-/m0/s1. The molecule has 1 saturated heterocycles. The first-order valence-corrected chi connectivity index (χ1v) is 5.92. The Hall–Kier alpha value is -1.33. The summed E-state index contributed by atoms with van der Waals surface area (Å²) in [5, 5.41) is 0. The van der Waals surface area contributed by atoms with Gasteiger partial charge in [0.1, 0.15) is 0 Å². The van der Waals surface area contributed by atoms with E-state index in [1.165, 1.54) is 5.56 Å². The van der Waals surface area contributed by atoms with Gasteiger partial charge in [0.25, 0.3) is 0 Å². The van der Waals surface area contributed by atoms with Crippen molar-refractivity contribution in [3.8, 4) is 0 Å². The van der Waals surface area contributed by atoms with E-state index in [1.54, 1.807) is 0 Å². The van der Waals surface area contributed by atoms with Crippen LogP contribution in [0, 0.1) is 12.5 Å². The molecule has 84 valence electrons. The highest BCUT2D eigenvalue weighted by molar-refractivity contribution is 5.14. The Morgan fingerprint density at radius 2 is 2.12 bits per heavy atom. The zero-order valence-corrected chi connectivity index (χ0v) is 9.76. The Labute approximate surface area is 97.7 Å². The third-order valence-corrected chi connectivity index (χ3v) is 3.36. The van der Waals surface area contributed by atoms with Crippen molar-refractivity contribution in [3.63, 3.8) is 0 Å². The normalized spacial score (nSPS) is 26.2. The van der Waals surface area contributed by atoms with Gasteiger partial charge >= 0.3 is 0 Å². The van der Waals surface area contributed by atoms with Gasteiger partial charge in [-0.25, -0.2) is 6.57 Å². The van der Waals surface area contributed by atoms with Gasteiger partial charge in [0.2, 0.25) is 6.04 Å². The van der Waals surface area contributed by atoms with Crippen molar-refractivity contribution < 1.29 is 0 Å². The Morgan fingerprint density at radius 1 is 1.38 bits per heavy atom. The molecule has 0 bridgehead atoms. The molecule has 0 saturated carbocycles. The van der Waals surface area contributed by atoms with Gasteiger partial charge in [0.05, 0.1) is 0 Å². The van der Waals surface area contributed by atoms with E-state index in [0.717, 1.165) is 26.1 Å². The smallest absolute Gasteiger partial charge is 0.228 e. The molecule has 2 nitrogen and oxygen atoms in total. The number of nitrogens with zero attached hydrogens (tertiary/aromatic N) is 2. The molecule has 2 rings (SSSR count). The van der Waals surface area contributed by atoms with Gasteiger partial charge in [-0.15, -0.1) is 0 Å². The van der Waals surface area contributed by atoms with Crippen molar-refractivity contribution in [2.75, 3.05) is 13.1 Å². The highest BCUT2D eigenvalue weighted by atomic mass is 15.1. The summed E-state index contributed by atoms with van der Waals surface area (Å²) < 4.78 is 0. The minimum Gasteiger partial charge on any atom is -0.313 e. The van der Waals surface area contributed by atoms with Crippen LogP contribution in [0.5, 0.6) is 0 Å². The molecule has 0 N–H and O–H groups in total. The molecule has 0 aliphatic carbocycles. The lowest BCUT2D eigenvalue weighted by molar-refractivity contribution is 0.170. The summed E-state index contributed by atoms with van der Waals surface area (Å²) >= 11 is 0. The number of rotatable bonds is 2. The van der Waals surface area contributed by atoms with E-state index in [0.29, 0.717) is 5.92 Å². The summed E-state index contributed by atoms with van der Waals surface area (Å²) in [4.78, 5) is 6.15. The summed E-state index contributed by atoms with van der Waals surface area (Å²) in [6.07, 6.45) is 1.03. The Balaban J connectivity index is 1.92. The maximum Gasteiger partial charge on any atom is 0.228 e. The van der Waals surface area contributed by atoms with Crippen LogP contribution in [0.25, 0.3) is 4.85 Å². The van der Waals surface area contributed by atoms with Crippen molar-refractivity contribution in [2.24, 2.45) is 5.92 Å². The van der Waals surface area contributed by atoms with Gasteiger partial charge in [0.15, 0.2) is 0 Å². The maximum atomic E-state index is 7.12. The third-order valence-electron chi connectivity index (χ3n) is 3.36. The number of likely N-dealkylation sites (tertiary alicyclic amines) is 1. The highest BCUT2D eigenvalue weighted by Gasteiger charge is 2.29. The van der Waals surface area contributed by atoms with Crippen LogP contribution < -0.4 is 0 Å². The number of piperidine rings is 1. The monoisotopic (exact) mass is 214 g/mol. The predicted molar refractivity (Wildman–Crippen MR) is 65.9 cm³/mol. The first-order chi connectivity index (χ1) is 7.79. The highest BCUT2D eigenvalue weighted by Crippen LogP contribution is 2.21. The van der Waals surface area contributed by atoms with Gasteiger partial charge in [-0.1, -0.05) is 37.3 Å². The zero-order valence-electron chi connectivity index (χ0n) is 9.76. The molecule has 2 atom stereocenters. The molecule has 0 spiro atoms. The van der Waals surface area contributed by atoms with E-state index in [4.69, 9.17) is 6.57 Å². The molecule has 1 aliphatic heterocycles. The number of hydrogen-bond acceptors (Lipinski definition) is 1. The number of benzene rings is 1. The van der Waals surface area contributed by atoms with Crippen molar-refractivity contribution >= 4 is 0 Å². The van der Waals surface area contributed by atoms with Gasteiger partial charge in [-0.3, -0.25) is 4.90 Å². The van der Waals surface area contributed by atoms with Crippen LogP contribution in [0.1, 0.15) is 18.9 Å². The van der Waals surface area contributed by atoms with Crippen LogP contribution in [0.4, 0.5) is 0 Å². The van der Waals surface area contributed by atoms with Crippen LogP contribution >= 0.6 is 0 Å². The molecule has 0 unspecified atom stereocenters. The van der Waals surface area contributed by atoms with E-state index >= 15 is 0 Å². The van der Waals surface area contributed by atoms with Gasteiger partial charge < -0.3 is 4.85 Å². The third kappa shape index (κ3) is 2.62.